The molecule has 1 aromatic carbocycles. The van der Waals surface area contributed by atoms with E-state index < -0.39 is 16.1 Å². The Labute approximate surface area is 113 Å². The van der Waals surface area contributed by atoms with Crippen LogP contribution < -0.4 is 4.72 Å². The van der Waals surface area contributed by atoms with Crippen molar-refractivity contribution in [2.24, 2.45) is 5.92 Å². The van der Waals surface area contributed by atoms with Crippen LogP contribution in [0.25, 0.3) is 0 Å². The highest BCUT2D eigenvalue weighted by molar-refractivity contribution is 7.89. The quantitative estimate of drug-likeness (QED) is 0.855. The fourth-order valence-corrected chi connectivity index (χ4v) is 3.39. The SMILES string of the molecule is CC(=O)[C@@H]1CC=C[C@@H]1NS(=O)(=O)c1ccc(C)cc1. The van der Waals surface area contributed by atoms with Gasteiger partial charge in [-0.25, -0.2) is 13.1 Å². The van der Waals surface area contributed by atoms with Crippen molar-refractivity contribution in [2.45, 2.75) is 31.2 Å². The van der Waals surface area contributed by atoms with Crippen molar-refractivity contribution in [3.8, 4) is 0 Å². The van der Waals surface area contributed by atoms with Crippen LogP contribution in [0.5, 0.6) is 0 Å². The molecule has 0 aromatic heterocycles. The van der Waals surface area contributed by atoms with Gasteiger partial charge < -0.3 is 0 Å². The summed E-state index contributed by atoms with van der Waals surface area (Å²) in [5.41, 5.74) is 1.00. The lowest BCUT2D eigenvalue weighted by Crippen LogP contribution is -2.39. The molecule has 19 heavy (non-hydrogen) atoms. The summed E-state index contributed by atoms with van der Waals surface area (Å²) in [7, 11) is -3.58. The first kappa shape index (κ1) is 14.0. The van der Waals surface area contributed by atoms with Gasteiger partial charge in [0.1, 0.15) is 5.78 Å². The first-order valence-corrected chi connectivity index (χ1v) is 7.64. The maximum atomic E-state index is 12.2. The molecular formula is C14H17NO3S. The van der Waals surface area contributed by atoms with Crippen LogP contribution in [-0.4, -0.2) is 20.2 Å². The molecule has 0 spiro atoms. The number of hydrogen-bond donors (Lipinski definition) is 1. The van der Waals surface area contributed by atoms with Crippen LogP contribution in [0.1, 0.15) is 18.9 Å². The Balaban J connectivity index is 2.20. The van der Waals surface area contributed by atoms with E-state index in [1.807, 2.05) is 13.0 Å². The number of allylic oxidation sites excluding steroid dienone is 1. The van der Waals surface area contributed by atoms with Crippen LogP contribution in [0.4, 0.5) is 0 Å². The van der Waals surface area contributed by atoms with E-state index in [1.165, 1.54) is 6.92 Å². The first-order valence-electron chi connectivity index (χ1n) is 6.16. The van der Waals surface area contributed by atoms with Crippen molar-refractivity contribution in [3.63, 3.8) is 0 Å². The average molecular weight is 279 g/mol. The lowest BCUT2D eigenvalue weighted by molar-refractivity contribution is -0.120. The summed E-state index contributed by atoms with van der Waals surface area (Å²) in [5, 5.41) is 0. The van der Waals surface area contributed by atoms with Gasteiger partial charge in [-0.1, -0.05) is 29.8 Å². The third kappa shape index (κ3) is 3.11. The van der Waals surface area contributed by atoms with Gasteiger partial charge in [0.05, 0.1) is 10.9 Å². The molecule has 0 heterocycles. The van der Waals surface area contributed by atoms with Crippen LogP contribution in [0.3, 0.4) is 0 Å². The first-order chi connectivity index (χ1) is 8.90. The molecule has 1 aliphatic carbocycles. The fraction of sp³-hybridized carbons (Fsp3) is 0.357. The molecule has 1 aliphatic rings. The second kappa shape index (κ2) is 5.27. The predicted molar refractivity (Wildman–Crippen MR) is 73.2 cm³/mol. The Morgan fingerprint density at radius 3 is 2.47 bits per heavy atom. The maximum absolute atomic E-state index is 12.2. The molecule has 1 aromatic rings. The lowest BCUT2D eigenvalue weighted by atomic mass is 9.99. The number of hydrogen-bond acceptors (Lipinski definition) is 3. The standard InChI is InChI=1S/C14H17NO3S/c1-10-6-8-12(9-7-10)19(17,18)15-14-5-3-4-13(14)11(2)16/h3,5-9,13-15H,4H2,1-2H3/t13-,14-/m0/s1. The summed E-state index contributed by atoms with van der Waals surface area (Å²) in [5.74, 6) is -0.290. The zero-order valence-corrected chi connectivity index (χ0v) is 11.8. The van der Waals surface area contributed by atoms with Crippen LogP contribution in [0.2, 0.25) is 0 Å². The minimum Gasteiger partial charge on any atom is -0.300 e. The van der Waals surface area contributed by atoms with E-state index in [2.05, 4.69) is 4.72 Å². The minimum atomic E-state index is -3.58. The molecule has 4 nitrogen and oxygen atoms in total. The van der Waals surface area contributed by atoms with Crippen molar-refractivity contribution >= 4 is 15.8 Å². The summed E-state index contributed by atoms with van der Waals surface area (Å²) in [6, 6.07) is 6.20. The van der Waals surface area contributed by atoms with Gasteiger partial charge in [0.2, 0.25) is 10.0 Å². The van der Waals surface area contributed by atoms with Gasteiger partial charge in [-0.15, -0.1) is 0 Å². The Bertz CT molecular complexity index is 602. The number of nitrogens with one attached hydrogen (secondary N) is 1. The molecular weight excluding hydrogens is 262 g/mol. The van der Waals surface area contributed by atoms with Gasteiger partial charge in [0.15, 0.2) is 0 Å². The Morgan fingerprint density at radius 1 is 1.26 bits per heavy atom. The smallest absolute Gasteiger partial charge is 0.241 e. The molecule has 0 bridgehead atoms. The van der Waals surface area contributed by atoms with Crippen molar-refractivity contribution in [2.75, 3.05) is 0 Å². The largest absolute Gasteiger partial charge is 0.300 e. The van der Waals surface area contributed by atoms with Gasteiger partial charge in [-0.2, -0.15) is 0 Å². The lowest BCUT2D eigenvalue weighted by Gasteiger charge is -2.18. The molecule has 0 radical (unpaired) electrons. The Kier molecular flexibility index (Phi) is 3.87. The number of Topliss-reactive ketones (excluding diaryl/α,β-unsaturated/α-hetero) is 1. The van der Waals surface area contributed by atoms with Crippen molar-refractivity contribution < 1.29 is 13.2 Å². The van der Waals surface area contributed by atoms with E-state index >= 15 is 0 Å². The summed E-state index contributed by atoms with van der Waals surface area (Å²) >= 11 is 0. The summed E-state index contributed by atoms with van der Waals surface area (Å²) < 4.78 is 27.0. The molecule has 2 atom stereocenters. The second-order valence-corrected chi connectivity index (χ2v) is 6.56. The maximum Gasteiger partial charge on any atom is 0.241 e. The van der Waals surface area contributed by atoms with Crippen LogP contribution in [0, 0.1) is 12.8 Å². The predicted octanol–water partition coefficient (Wildman–Crippen LogP) is 1.81. The molecule has 0 aliphatic heterocycles. The normalized spacial score (nSPS) is 22.6. The summed E-state index contributed by atoms with van der Waals surface area (Å²) in [6.07, 6.45) is 4.18. The van der Waals surface area contributed by atoms with Crippen LogP contribution in [-0.2, 0) is 14.8 Å². The highest BCUT2D eigenvalue weighted by Crippen LogP contribution is 2.22. The van der Waals surface area contributed by atoms with Gasteiger partial charge in [-0.3, -0.25) is 4.79 Å². The molecule has 2 rings (SSSR count). The van der Waals surface area contributed by atoms with E-state index in [9.17, 15) is 13.2 Å². The number of sulfonamides is 1. The zero-order chi connectivity index (χ0) is 14.0. The van der Waals surface area contributed by atoms with Crippen LogP contribution >= 0.6 is 0 Å². The fourth-order valence-electron chi connectivity index (χ4n) is 2.16. The van der Waals surface area contributed by atoms with E-state index in [1.54, 1.807) is 30.3 Å². The van der Waals surface area contributed by atoms with E-state index in [0.717, 1.165) is 5.56 Å². The van der Waals surface area contributed by atoms with E-state index in [-0.39, 0.29) is 16.6 Å². The summed E-state index contributed by atoms with van der Waals surface area (Å²) in [4.78, 5) is 11.7. The van der Waals surface area contributed by atoms with E-state index in [0.29, 0.717) is 6.42 Å². The molecule has 0 fully saturated rings. The number of ketones is 1. The van der Waals surface area contributed by atoms with E-state index in [4.69, 9.17) is 0 Å². The number of rotatable bonds is 4. The molecule has 5 heteroatoms. The number of aryl methyl sites for hydroxylation is 1. The van der Waals surface area contributed by atoms with Gasteiger partial charge in [0, 0.05) is 5.92 Å². The molecule has 0 saturated heterocycles. The summed E-state index contributed by atoms with van der Waals surface area (Å²) in [6.45, 7) is 3.39. The molecule has 1 N–H and O–H groups in total. The van der Waals surface area contributed by atoms with Gasteiger partial charge >= 0.3 is 0 Å². The van der Waals surface area contributed by atoms with Crippen molar-refractivity contribution in [1.82, 2.24) is 4.72 Å². The number of carbonyl (C=O) groups is 1. The number of carbonyl (C=O) groups excluding carboxylic acids is 1. The Morgan fingerprint density at radius 2 is 1.89 bits per heavy atom. The molecule has 0 saturated carbocycles. The van der Waals surface area contributed by atoms with Gasteiger partial charge in [0.25, 0.3) is 0 Å². The highest BCUT2D eigenvalue weighted by atomic mass is 32.2. The average Bonchev–Trinajstić information content (AvgIpc) is 2.77. The second-order valence-electron chi connectivity index (χ2n) is 4.84. The third-order valence-corrected chi connectivity index (χ3v) is 4.79. The molecule has 102 valence electrons. The molecule has 0 amide bonds. The van der Waals surface area contributed by atoms with Crippen LogP contribution in [0.15, 0.2) is 41.3 Å². The zero-order valence-electron chi connectivity index (χ0n) is 11.0. The topological polar surface area (TPSA) is 63.2 Å². The monoisotopic (exact) mass is 279 g/mol. The Hall–Kier alpha value is -1.46. The third-order valence-electron chi connectivity index (χ3n) is 3.31. The molecule has 0 unspecified atom stereocenters. The minimum absolute atomic E-state index is 0.00149. The van der Waals surface area contributed by atoms with Crippen molar-refractivity contribution in [3.05, 3.63) is 42.0 Å². The van der Waals surface area contributed by atoms with Crippen molar-refractivity contribution in [1.29, 1.82) is 0 Å². The number of benzene rings is 1. The van der Waals surface area contributed by atoms with Gasteiger partial charge in [-0.05, 0) is 32.4 Å². The highest BCUT2D eigenvalue weighted by Gasteiger charge is 2.30.